The number of aromatic nitrogens is 4. The largest absolute Gasteiger partial charge is 0.455 e. The van der Waals surface area contributed by atoms with Gasteiger partial charge in [-0.05, 0) is 118 Å². The molecule has 0 unspecified atom stereocenters. The molecule has 4 N–H and O–H groups in total. The van der Waals surface area contributed by atoms with Crippen molar-refractivity contribution in [2.24, 2.45) is 23.2 Å². The van der Waals surface area contributed by atoms with Crippen LogP contribution in [0.2, 0.25) is 0 Å². The Labute approximate surface area is 306 Å². The Morgan fingerprint density at radius 3 is 2.40 bits per heavy atom. The number of carbonyl (C=O) groups excluding carboxylic acids is 2. The first kappa shape index (κ1) is 34.6. The zero-order valence-corrected chi connectivity index (χ0v) is 30.4. The fourth-order valence-corrected chi connectivity index (χ4v) is 10.2. The number of rotatable bonds is 13. The van der Waals surface area contributed by atoms with Gasteiger partial charge < -0.3 is 26.0 Å². The van der Waals surface area contributed by atoms with Crippen molar-refractivity contribution in [1.82, 2.24) is 30.0 Å². The second-order valence-electron chi connectivity index (χ2n) is 16.0. The molecular weight excluding hydrogens is 653 g/mol. The van der Waals surface area contributed by atoms with E-state index in [-0.39, 0.29) is 17.9 Å². The van der Waals surface area contributed by atoms with Crippen molar-refractivity contribution in [2.45, 2.75) is 90.0 Å². The van der Waals surface area contributed by atoms with Crippen LogP contribution in [0.1, 0.15) is 90.0 Å². The minimum Gasteiger partial charge on any atom is -0.455 e. The maximum atomic E-state index is 12.8. The van der Waals surface area contributed by atoms with Gasteiger partial charge in [-0.2, -0.15) is 5.10 Å². The number of likely N-dealkylation sites (tertiary alicyclic amines) is 1. The van der Waals surface area contributed by atoms with Crippen LogP contribution in [0.5, 0.6) is 11.5 Å². The predicted octanol–water partition coefficient (Wildman–Crippen LogP) is 7.36. The van der Waals surface area contributed by atoms with Gasteiger partial charge in [0.05, 0.1) is 17.1 Å². The zero-order valence-electron chi connectivity index (χ0n) is 30.4. The van der Waals surface area contributed by atoms with Crippen LogP contribution in [-0.2, 0) is 9.59 Å². The number of nitrogen functional groups attached to an aromatic ring is 1. The van der Waals surface area contributed by atoms with E-state index < -0.39 is 0 Å². The Balaban J connectivity index is 0.883. The van der Waals surface area contributed by atoms with Gasteiger partial charge in [0.15, 0.2) is 11.4 Å². The number of amides is 2. The summed E-state index contributed by atoms with van der Waals surface area (Å²) in [5.41, 5.74) is 9.71. The van der Waals surface area contributed by atoms with Crippen molar-refractivity contribution in [1.29, 1.82) is 0 Å². The molecule has 1 aliphatic heterocycles. The molecule has 0 radical (unpaired) electrons. The van der Waals surface area contributed by atoms with Gasteiger partial charge in [-0.25, -0.2) is 14.6 Å². The van der Waals surface area contributed by atoms with E-state index in [1.807, 2.05) is 60.1 Å². The minimum atomic E-state index is -0.118. The number of benzene rings is 2. The van der Waals surface area contributed by atoms with Crippen molar-refractivity contribution in [3.8, 4) is 22.8 Å². The summed E-state index contributed by atoms with van der Waals surface area (Å²) in [5.74, 6) is 4.56. The first-order chi connectivity index (χ1) is 25.3. The Hall–Kier alpha value is -4.51. The average Bonchev–Trinajstić information content (AvgIpc) is 3.53. The van der Waals surface area contributed by atoms with Crippen molar-refractivity contribution in [3.63, 3.8) is 0 Å². The molecule has 0 atom stereocenters. The normalized spacial score (nSPS) is 24.3. The first-order valence-corrected chi connectivity index (χ1v) is 19.5. The van der Waals surface area contributed by atoms with Gasteiger partial charge in [0, 0.05) is 44.6 Å². The molecule has 274 valence electrons. The van der Waals surface area contributed by atoms with Gasteiger partial charge in [0.1, 0.15) is 23.6 Å². The third kappa shape index (κ3) is 7.38. The summed E-state index contributed by atoms with van der Waals surface area (Å²) in [4.78, 5) is 36.7. The summed E-state index contributed by atoms with van der Waals surface area (Å²) in [5, 5.41) is 12.0. The molecule has 4 aliphatic carbocycles. The van der Waals surface area contributed by atoms with E-state index in [0.717, 1.165) is 62.2 Å². The molecule has 3 heterocycles. The first-order valence-electron chi connectivity index (χ1n) is 19.5. The Kier molecular flexibility index (Phi) is 9.87. The molecule has 2 aromatic carbocycles. The van der Waals surface area contributed by atoms with Crippen molar-refractivity contribution in [3.05, 3.63) is 54.9 Å². The summed E-state index contributed by atoms with van der Waals surface area (Å²) in [6.45, 7) is 5.15. The average molecular weight is 705 g/mol. The molecule has 52 heavy (non-hydrogen) atoms. The number of carbonyl (C=O) groups is 2. The fourth-order valence-electron chi connectivity index (χ4n) is 10.2. The van der Waals surface area contributed by atoms with Gasteiger partial charge in [-0.15, -0.1) is 0 Å². The summed E-state index contributed by atoms with van der Waals surface area (Å²) in [6.07, 6.45) is 15.2. The number of nitrogens with one attached hydrogen (secondary N) is 2. The molecule has 5 aliphatic rings. The van der Waals surface area contributed by atoms with Crippen molar-refractivity contribution < 1.29 is 14.3 Å². The molecule has 4 bridgehead atoms. The Morgan fingerprint density at radius 2 is 1.69 bits per heavy atom. The molecule has 5 fully saturated rings. The van der Waals surface area contributed by atoms with E-state index in [0.29, 0.717) is 64.5 Å². The topological polar surface area (TPSA) is 140 Å². The number of para-hydroxylation sites is 1. The minimum absolute atomic E-state index is 0.118. The number of hydrogen-bond acceptors (Lipinski definition) is 8. The lowest BCUT2D eigenvalue weighted by Gasteiger charge is -2.57. The van der Waals surface area contributed by atoms with Crippen LogP contribution in [-0.4, -0.2) is 62.6 Å². The van der Waals surface area contributed by atoms with Crippen LogP contribution < -0.4 is 21.1 Å². The zero-order chi connectivity index (χ0) is 35.7. The number of fused-ring (bicyclic) bond motifs is 1. The molecule has 11 heteroatoms. The van der Waals surface area contributed by atoms with E-state index in [9.17, 15) is 9.59 Å². The van der Waals surface area contributed by atoms with Crippen LogP contribution in [0, 0.1) is 23.2 Å². The molecule has 2 aromatic heterocycles. The van der Waals surface area contributed by atoms with E-state index in [1.165, 1.54) is 51.3 Å². The highest BCUT2D eigenvalue weighted by atomic mass is 16.5. The fraction of sp³-hybridized carbons (Fsp3) is 0.537. The molecule has 4 aromatic rings. The van der Waals surface area contributed by atoms with Gasteiger partial charge in [0.2, 0.25) is 11.8 Å². The lowest BCUT2D eigenvalue weighted by Crippen LogP contribution is -2.46. The van der Waals surface area contributed by atoms with Crippen molar-refractivity contribution >= 4 is 34.4 Å². The SMILES string of the molecule is CCC(=O)Nc1cc(-c2nn(C3CCN(CCNC(=O)CCCC45CC6CC(CC(C6)C4)C5)CC3)c3ncnc(N)c23)ccc1Oc1ccccc1. The third-order valence-electron chi connectivity index (χ3n) is 12.3. The lowest BCUT2D eigenvalue weighted by molar-refractivity contribution is -0.121. The summed E-state index contributed by atoms with van der Waals surface area (Å²) in [6, 6.07) is 15.3. The number of anilines is 2. The molecular formula is C41H52N8O3. The van der Waals surface area contributed by atoms with Crippen molar-refractivity contribution in [2.75, 3.05) is 37.2 Å². The van der Waals surface area contributed by atoms with Gasteiger partial charge in [-0.1, -0.05) is 25.1 Å². The van der Waals surface area contributed by atoms with Crippen LogP contribution in [0.3, 0.4) is 0 Å². The molecule has 9 rings (SSSR count). The van der Waals surface area contributed by atoms with Gasteiger partial charge in [0.25, 0.3) is 0 Å². The quantitative estimate of drug-likeness (QED) is 0.131. The van der Waals surface area contributed by atoms with Crippen LogP contribution in [0.25, 0.3) is 22.3 Å². The van der Waals surface area contributed by atoms with E-state index in [2.05, 4.69) is 25.5 Å². The number of ether oxygens (including phenoxy) is 1. The number of nitrogens with two attached hydrogens (primary N) is 1. The number of nitrogens with zero attached hydrogens (tertiary/aromatic N) is 5. The molecule has 0 spiro atoms. The highest BCUT2D eigenvalue weighted by Gasteiger charge is 2.50. The van der Waals surface area contributed by atoms with E-state index >= 15 is 0 Å². The number of hydrogen-bond donors (Lipinski definition) is 3. The summed E-state index contributed by atoms with van der Waals surface area (Å²) < 4.78 is 8.15. The summed E-state index contributed by atoms with van der Waals surface area (Å²) >= 11 is 0. The van der Waals surface area contributed by atoms with Gasteiger partial charge >= 0.3 is 0 Å². The Bertz CT molecular complexity index is 1870. The smallest absolute Gasteiger partial charge is 0.224 e. The second-order valence-corrected chi connectivity index (χ2v) is 16.0. The monoisotopic (exact) mass is 704 g/mol. The highest BCUT2D eigenvalue weighted by molar-refractivity contribution is 6.00. The second kappa shape index (κ2) is 14.8. The Morgan fingerprint density at radius 1 is 0.962 bits per heavy atom. The molecule has 4 saturated carbocycles. The maximum absolute atomic E-state index is 12.8. The van der Waals surface area contributed by atoms with Crippen LogP contribution in [0.4, 0.5) is 11.5 Å². The third-order valence-corrected chi connectivity index (χ3v) is 12.3. The number of piperidine rings is 1. The molecule has 2 amide bonds. The highest BCUT2D eigenvalue weighted by Crippen LogP contribution is 2.61. The van der Waals surface area contributed by atoms with Crippen LogP contribution >= 0.6 is 0 Å². The van der Waals surface area contributed by atoms with Crippen LogP contribution in [0.15, 0.2) is 54.9 Å². The maximum Gasteiger partial charge on any atom is 0.224 e. The van der Waals surface area contributed by atoms with E-state index in [4.69, 9.17) is 15.6 Å². The standard InChI is InChI=1S/C41H52N8O3/c1-2-35(50)46-33-22-30(10-11-34(33)52-32-7-4-3-5-8-32)38-37-39(42)44-26-45-40(37)49(47-38)31-12-16-48(17-13-31)18-15-43-36(51)9-6-14-41-23-27-19-28(24-41)21-29(20-27)25-41/h3-5,7-8,10-11,22,26-29,31H,2,6,9,12-21,23-25H2,1H3,(H,43,51)(H,46,50)(H2,42,44,45). The van der Waals surface area contributed by atoms with E-state index in [1.54, 1.807) is 0 Å². The summed E-state index contributed by atoms with van der Waals surface area (Å²) in [7, 11) is 0. The predicted molar refractivity (Wildman–Crippen MR) is 203 cm³/mol. The molecule has 1 saturated heterocycles. The molecule has 11 nitrogen and oxygen atoms in total. The van der Waals surface area contributed by atoms with Gasteiger partial charge in [-0.3, -0.25) is 9.59 Å². The lowest BCUT2D eigenvalue weighted by atomic mass is 9.48.